The first kappa shape index (κ1) is 99.9. The lowest BCUT2D eigenvalue weighted by atomic mass is 9.97. The van der Waals surface area contributed by atoms with Gasteiger partial charge in [0.2, 0.25) is 41.1 Å². The Labute approximate surface area is 773 Å². The summed E-state index contributed by atoms with van der Waals surface area (Å²) in [5, 5.41) is 264. The average molecular weight is 1940 g/mol. The molecule has 5 atom stereocenters. The van der Waals surface area contributed by atoms with Gasteiger partial charge in [-0.25, -0.2) is 47.9 Å². The SMILES string of the molecule is CCN(CC)CCNC(=O)c1ccc(N)cc1.O=C(OC[C@H]1O[C@@H](OC(=O)c2cc(O)c(O)c(OC(=O)c3cc(O)c(O)c(O)c3)c2)[C@H](OC(=O)c2cc(O)c(O)c(OC(=O)c3cc(O)c(O)c(O)c3)c2)[C@@H](OC(=O)c2cc(O)c(O)c(OC(=O)c3cc(O)c(O)c(O)c3)c2)[C@@H]1OC(=O)c1cc(O)c(O)c(OC(=O)c2cc(O)c(O)c(O)c2)c1)c1cc(O)c(O)c(OC(=O)c2cc(O)c(O)c(O)c2)c1. The molecule has 28 N–H and O–H groups in total. The highest BCUT2D eigenvalue weighted by molar-refractivity contribution is 6.01. The molecule has 0 saturated carbocycles. The first-order valence-corrected chi connectivity index (χ1v) is 39.2. The third kappa shape index (κ3) is 22.7. The van der Waals surface area contributed by atoms with Gasteiger partial charge in [-0.1, -0.05) is 13.8 Å². The highest BCUT2D eigenvalue weighted by Gasteiger charge is 2.55. The zero-order chi connectivity index (χ0) is 102. The number of rotatable bonds is 27. The van der Waals surface area contributed by atoms with E-state index in [0.717, 1.165) is 19.6 Å². The summed E-state index contributed by atoms with van der Waals surface area (Å²) in [5.41, 5.74) is -3.00. The van der Waals surface area contributed by atoms with E-state index in [9.17, 15) is 166 Å². The normalized spacial score (nSPS) is 14.1. The Kier molecular flexibility index (Phi) is 29.7. The molecule has 1 amide bonds. The summed E-state index contributed by atoms with van der Waals surface area (Å²) in [7, 11) is 0. The number of ether oxygens (including phenoxy) is 11. The molecular formula is C89H73N3O47. The van der Waals surface area contributed by atoms with Gasteiger partial charge in [-0.3, -0.25) is 4.79 Å². The van der Waals surface area contributed by atoms with Gasteiger partial charge in [-0.15, -0.1) is 0 Å². The first-order valence-electron chi connectivity index (χ1n) is 39.2. The second-order valence-corrected chi connectivity index (χ2v) is 29.0. The fourth-order valence-corrected chi connectivity index (χ4v) is 12.5. The Morgan fingerprint density at radius 1 is 0.281 bits per heavy atom. The number of esters is 10. The molecule has 1 saturated heterocycles. The van der Waals surface area contributed by atoms with Crippen molar-refractivity contribution in [3.05, 3.63) is 207 Å². The van der Waals surface area contributed by atoms with E-state index in [2.05, 4.69) is 24.1 Å². The molecule has 1 aliphatic rings. The monoisotopic (exact) mass is 1940 g/mol. The van der Waals surface area contributed by atoms with E-state index in [-0.39, 0.29) is 5.91 Å². The number of anilines is 1. The summed E-state index contributed by atoms with van der Waals surface area (Å²) in [6.07, 6.45) is -15.1. The van der Waals surface area contributed by atoms with Crippen LogP contribution in [-0.2, 0) is 28.4 Å². The number of likely N-dealkylation sites (N-methyl/N-ethyl adjacent to an activating group) is 1. The smallest absolute Gasteiger partial charge is 0.343 e. The van der Waals surface area contributed by atoms with E-state index in [4.69, 9.17) is 57.8 Å². The minimum absolute atomic E-state index is 0.0443. The van der Waals surface area contributed by atoms with Gasteiger partial charge in [0.1, 0.15) is 12.7 Å². The maximum atomic E-state index is 15.3. The largest absolute Gasteiger partial charge is 0.504 e. The van der Waals surface area contributed by atoms with Crippen LogP contribution < -0.4 is 34.7 Å². The minimum atomic E-state index is -3.12. The van der Waals surface area contributed by atoms with Crippen molar-refractivity contribution in [3.63, 3.8) is 0 Å². The van der Waals surface area contributed by atoms with Gasteiger partial charge < -0.3 is 196 Å². The molecule has 0 spiro atoms. The van der Waals surface area contributed by atoms with Gasteiger partial charge in [-0.2, -0.15) is 0 Å². The summed E-state index contributed by atoms with van der Waals surface area (Å²) in [5.74, 6) is -56.0. The number of benzene rings is 11. The van der Waals surface area contributed by atoms with Gasteiger partial charge >= 0.3 is 59.7 Å². The molecule has 50 heteroatoms. The molecule has 1 aliphatic heterocycles. The third-order valence-corrected chi connectivity index (χ3v) is 19.7. The summed E-state index contributed by atoms with van der Waals surface area (Å²) in [6.45, 7) is 6.10. The van der Waals surface area contributed by atoms with E-state index < -0.39 is 325 Å². The van der Waals surface area contributed by atoms with Crippen LogP contribution in [0.5, 0.6) is 172 Å². The zero-order valence-corrected chi connectivity index (χ0v) is 70.5. The van der Waals surface area contributed by atoms with Crippen molar-refractivity contribution in [2.45, 2.75) is 44.6 Å². The summed E-state index contributed by atoms with van der Waals surface area (Å²) >= 11 is 0. The van der Waals surface area contributed by atoms with Crippen LogP contribution in [0.2, 0.25) is 0 Å². The van der Waals surface area contributed by atoms with E-state index in [1.807, 2.05) is 0 Å². The van der Waals surface area contributed by atoms with Crippen molar-refractivity contribution in [1.82, 2.24) is 10.2 Å². The number of nitrogens with zero attached hydrogens (tertiary/aromatic N) is 1. The van der Waals surface area contributed by atoms with E-state index in [0.29, 0.717) is 139 Å². The Morgan fingerprint density at radius 3 is 0.763 bits per heavy atom. The summed E-state index contributed by atoms with van der Waals surface area (Å²) in [4.78, 5) is 156. The molecule has 0 aromatic heterocycles. The van der Waals surface area contributed by atoms with Crippen LogP contribution >= 0.6 is 0 Å². The Hall–Kier alpha value is -19.7. The lowest BCUT2D eigenvalue weighted by Crippen LogP contribution is -2.63. The topological polar surface area (TPSA) is 836 Å². The fourth-order valence-electron chi connectivity index (χ4n) is 12.5. The number of carbonyl (C=O) groups excluding carboxylic acids is 11. The van der Waals surface area contributed by atoms with Gasteiger partial charge in [-0.05, 0) is 159 Å². The van der Waals surface area contributed by atoms with Crippen LogP contribution in [0.1, 0.15) is 128 Å². The van der Waals surface area contributed by atoms with Crippen molar-refractivity contribution in [2.75, 3.05) is 38.5 Å². The zero-order valence-electron chi connectivity index (χ0n) is 70.5. The van der Waals surface area contributed by atoms with E-state index in [1.165, 1.54) is 0 Å². The van der Waals surface area contributed by atoms with Crippen LogP contribution in [0, 0.1) is 0 Å². The van der Waals surface area contributed by atoms with Gasteiger partial charge in [0, 0.05) is 24.3 Å². The maximum Gasteiger partial charge on any atom is 0.343 e. The van der Waals surface area contributed by atoms with Crippen molar-refractivity contribution in [3.8, 4) is 172 Å². The lowest BCUT2D eigenvalue weighted by Gasteiger charge is -2.43. The molecule has 139 heavy (non-hydrogen) atoms. The molecular weight excluding hydrogens is 1860 g/mol. The van der Waals surface area contributed by atoms with Crippen molar-refractivity contribution >= 4 is 71.3 Å². The number of phenols is 25. The molecule has 1 heterocycles. The number of hydrogen-bond donors (Lipinski definition) is 27. The van der Waals surface area contributed by atoms with Crippen LogP contribution in [0.15, 0.2) is 146 Å². The number of nitrogens with one attached hydrogen (secondary N) is 1. The van der Waals surface area contributed by atoms with Crippen molar-refractivity contribution < 1.29 is 233 Å². The van der Waals surface area contributed by atoms with Gasteiger partial charge in [0.15, 0.2) is 156 Å². The average Bonchev–Trinajstić information content (AvgIpc) is 0.762. The molecule has 50 nitrogen and oxygen atoms in total. The predicted molar refractivity (Wildman–Crippen MR) is 454 cm³/mol. The first-order chi connectivity index (χ1) is 65.5. The van der Waals surface area contributed by atoms with Crippen molar-refractivity contribution in [1.29, 1.82) is 0 Å². The van der Waals surface area contributed by atoms with Crippen molar-refractivity contribution in [2.24, 2.45) is 0 Å². The standard InChI is InChI=1S/C76H52O46.C13H21N3O/c77-32-1-22(2-33(78)53(32)92)67(103)113-47-16-27(11-42(87)58(47)97)66(102)112-21-52-63(119-72(108)28-12-43(88)59(98)48(17-28)114-68(104)23-3-34(79)54(93)35(80)4-23)64(120-73(109)29-13-44(89)60(99)49(18-29)115-69(105)24-5-36(81)55(94)37(82)6-24)65(121-74(110)30-14-45(90)61(100)50(19-30)116-70(106)25-7-38(83)56(95)39(84)8-25)76(118-52)122-75(111)31-15-46(91)62(101)51(20-31)117-71(107)26-9-40(85)57(96)41(86)10-26;1-3-16(4-2)10-9-15-13(17)11-5-7-12(14)8-6-11/h1-20,52,63-65,76-101H,21H2;5-8H,3-4,9-10,14H2,1-2H3,(H,15,17)/t52-,63-,64+,65-,76+;/m1./s1. The fraction of sp³-hybridized carbons (Fsp3) is 0.135. The number of nitrogen functional groups attached to an aromatic ring is 1. The molecule has 12 rings (SSSR count). The molecule has 1 fully saturated rings. The molecule has 11 aromatic carbocycles. The summed E-state index contributed by atoms with van der Waals surface area (Å²) < 4.78 is 60.4. The van der Waals surface area contributed by atoms with Crippen LogP contribution in [0.4, 0.5) is 5.69 Å². The van der Waals surface area contributed by atoms with E-state index in [1.54, 1.807) is 24.3 Å². The van der Waals surface area contributed by atoms with Crippen LogP contribution in [0.3, 0.4) is 0 Å². The van der Waals surface area contributed by atoms with Crippen LogP contribution in [-0.4, -0.2) is 262 Å². The Morgan fingerprint density at radius 2 is 0.504 bits per heavy atom. The molecule has 726 valence electrons. The molecule has 0 unspecified atom stereocenters. The number of hydrogen-bond acceptors (Lipinski definition) is 49. The quantitative estimate of drug-likeness (QED) is 0.00898. The van der Waals surface area contributed by atoms with Crippen LogP contribution in [0.25, 0.3) is 0 Å². The number of nitrogens with two attached hydrogens (primary N) is 1. The highest BCUT2D eigenvalue weighted by atomic mass is 16.8. The van der Waals surface area contributed by atoms with Gasteiger partial charge in [0.25, 0.3) is 5.91 Å². The number of amides is 1. The third-order valence-electron chi connectivity index (χ3n) is 19.7. The Balaban J connectivity index is 0.000000981. The summed E-state index contributed by atoms with van der Waals surface area (Å²) in [6, 6.07) is 15.5. The Bertz CT molecular complexity index is 6670. The number of carbonyl (C=O) groups is 11. The van der Waals surface area contributed by atoms with Gasteiger partial charge in [0.05, 0.1) is 55.6 Å². The highest BCUT2D eigenvalue weighted by Crippen LogP contribution is 2.48. The second-order valence-electron chi connectivity index (χ2n) is 29.0. The number of aromatic hydroxyl groups is 25. The van der Waals surface area contributed by atoms with E-state index >= 15 is 14.4 Å². The lowest BCUT2D eigenvalue weighted by molar-refractivity contribution is -0.282. The number of phenolic OH excluding ortho intramolecular Hbond substituents is 25. The molecule has 0 radical (unpaired) electrons. The molecule has 11 aromatic rings. The maximum absolute atomic E-state index is 15.3. The molecule has 0 aliphatic carbocycles. The minimum Gasteiger partial charge on any atom is -0.504 e. The second kappa shape index (κ2) is 41.4. The molecule has 0 bridgehead atoms. The predicted octanol–water partition coefficient (Wildman–Crippen LogP) is 6.18.